The van der Waals surface area contributed by atoms with Crippen molar-refractivity contribution < 1.29 is 9.47 Å². The van der Waals surface area contributed by atoms with Gasteiger partial charge in [-0.2, -0.15) is 0 Å². The molecule has 0 saturated heterocycles. The van der Waals surface area contributed by atoms with Gasteiger partial charge in [0.1, 0.15) is 6.33 Å². The highest BCUT2D eigenvalue weighted by Gasteiger charge is 2.15. The van der Waals surface area contributed by atoms with Crippen LogP contribution in [0.25, 0.3) is 0 Å². The summed E-state index contributed by atoms with van der Waals surface area (Å²) in [5, 5.41) is 0. The molecule has 5 nitrogen and oxygen atoms in total. The average Bonchev–Trinajstić information content (AvgIpc) is 2.72. The minimum atomic E-state index is -0.265. The summed E-state index contributed by atoms with van der Waals surface area (Å²) < 4.78 is 11.3. The second kappa shape index (κ2) is 5.24. The highest BCUT2D eigenvalue weighted by Crippen LogP contribution is 2.33. The van der Waals surface area contributed by atoms with Crippen molar-refractivity contribution in [1.29, 1.82) is 0 Å². The molecule has 1 aliphatic heterocycles. The fourth-order valence-electron chi connectivity index (χ4n) is 2.04. The van der Waals surface area contributed by atoms with Crippen LogP contribution in [0.15, 0.2) is 36.9 Å². The van der Waals surface area contributed by atoms with Crippen LogP contribution in [-0.4, -0.2) is 23.2 Å². The van der Waals surface area contributed by atoms with E-state index in [0.717, 1.165) is 29.0 Å². The molecule has 0 saturated carbocycles. The van der Waals surface area contributed by atoms with Crippen molar-refractivity contribution in [2.75, 3.05) is 13.2 Å². The molecule has 1 aliphatic rings. The van der Waals surface area contributed by atoms with Gasteiger partial charge in [0.25, 0.3) is 0 Å². The molecule has 1 aromatic heterocycles. The van der Waals surface area contributed by atoms with Crippen LogP contribution in [0.3, 0.4) is 0 Å². The van der Waals surface area contributed by atoms with E-state index in [-0.39, 0.29) is 6.04 Å². The van der Waals surface area contributed by atoms with Gasteiger partial charge in [-0.25, -0.2) is 9.97 Å². The predicted molar refractivity (Wildman–Crippen MR) is 70.1 cm³/mol. The van der Waals surface area contributed by atoms with E-state index in [0.29, 0.717) is 13.2 Å². The van der Waals surface area contributed by atoms with Gasteiger partial charge in [0, 0.05) is 24.4 Å². The number of aromatic nitrogens is 2. The molecule has 2 heterocycles. The lowest BCUT2D eigenvalue weighted by Crippen LogP contribution is -2.12. The van der Waals surface area contributed by atoms with Crippen LogP contribution in [0.1, 0.15) is 23.6 Å². The smallest absolute Gasteiger partial charge is 0.161 e. The lowest BCUT2D eigenvalue weighted by molar-refractivity contribution is 0.297. The number of fused-ring (bicyclic) bond motifs is 1. The molecular formula is C14H15N3O2. The van der Waals surface area contributed by atoms with E-state index in [4.69, 9.17) is 15.2 Å². The van der Waals surface area contributed by atoms with Gasteiger partial charge in [-0.05, 0) is 17.7 Å². The molecule has 0 spiro atoms. The maximum atomic E-state index is 6.21. The Morgan fingerprint density at radius 2 is 1.74 bits per heavy atom. The van der Waals surface area contributed by atoms with Crippen LogP contribution in [0.5, 0.6) is 11.5 Å². The van der Waals surface area contributed by atoms with Crippen molar-refractivity contribution >= 4 is 0 Å². The maximum Gasteiger partial charge on any atom is 0.161 e. The van der Waals surface area contributed by atoms with Gasteiger partial charge in [0.2, 0.25) is 0 Å². The standard InChI is InChI=1S/C14H15N3O2/c15-14(11-7-16-9-17-8-11)10-2-3-12-13(6-10)19-5-1-4-18-12/h2-3,6-9,14H,1,4-5,15H2. The molecule has 3 rings (SSSR count). The van der Waals surface area contributed by atoms with Crippen molar-refractivity contribution in [2.24, 2.45) is 5.73 Å². The molecule has 2 aromatic rings. The molecule has 0 fully saturated rings. The van der Waals surface area contributed by atoms with Crippen molar-refractivity contribution in [3.05, 3.63) is 48.0 Å². The first kappa shape index (κ1) is 11.9. The monoisotopic (exact) mass is 257 g/mol. The number of hydrogen-bond donors (Lipinski definition) is 1. The summed E-state index contributed by atoms with van der Waals surface area (Å²) in [4.78, 5) is 7.97. The third-order valence-electron chi connectivity index (χ3n) is 3.07. The Kier molecular flexibility index (Phi) is 3.29. The number of hydrogen-bond acceptors (Lipinski definition) is 5. The summed E-state index contributed by atoms with van der Waals surface area (Å²) in [5.41, 5.74) is 8.04. The molecule has 5 heteroatoms. The highest BCUT2D eigenvalue weighted by molar-refractivity contribution is 5.45. The topological polar surface area (TPSA) is 70.3 Å². The quantitative estimate of drug-likeness (QED) is 0.886. The summed E-state index contributed by atoms with van der Waals surface area (Å²) in [6.45, 7) is 1.35. The fourth-order valence-corrected chi connectivity index (χ4v) is 2.04. The molecule has 1 aromatic carbocycles. The summed E-state index contributed by atoms with van der Waals surface area (Å²) in [5.74, 6) is 1.53. The zero-order chi connectivity index (χ0) is 13.1. The third-order valence-corrected chi connectivity index (χ3v) is 3.07. The Bertz CT molecular complexity index is 560. The van der Waals surface area contributed by atoms with Gasteiger partial charge in [0.05, 0.1) is 19.3 Å². The van der Waals surface area contributed by atoms with Crippen molar-refractivity contribution in [3.8, 4) is 11.5 Å². The highest BCUT2D eigenvalue weighted by atomic mass is 16.5. The van der Waals surface area contributed by atoms with Crippen LogP contribution in [0.4, 0.5) is 0 Å². The SMILES string of the molecule is NC(c1cncnc1)c1ccc2c(c1)OCCCO2. The van der Waals surface area contributed by atoms with Crippen molar-refractivity contribution in [3.63, 3.8) is 0 Å². The van der Waals surface area contributed by atoms with E-state index in [2.05, 4.69) is 9.97 Å². The Labute approximate surface area is 111 Å². The first-order valence-electron chi connectivity index (χ1n) is 6.24. The normalized spacial score (nSPS) is 15.6. The minimum absolute atomic E-state index is 0.265. The number of benzene rings is 1. The van der Waals surface area contributed by atoms with E-state index in [1.54, 1.807) is 12.4 Å². The zero-order valence-electron chi connectivity index (χ0n) is 10.5. The van der Waals surface area contributed by atoms with E-state index in [1.165, 1.54) is 6.33 Å². The number of ether oxygens (including phenoxy) is 2. The molecular weight excluding hydrogens is 242 g/mol. The molecule has 0 aliphatic carbocycles. The Morgan fingerprint density at radius 1 is 1.00 bits per heavy atom. The molecule has 0 bridgehead atoms. The number of nitrogens with two attached hydrogens (primary N) is 1. The summed E-state index contributed by atoms with van der Waals surface area (Å²) >= 11 is 0. The van der Waals surface area contributed by atoms with Gasteiger partial charge >= 0.3 is 0 Å². The first-order chi connectivity index (χ1) is 9.34. The Morgan fingerprint density at radius 3 is 2.53 bits per heavy atom. The van der Waals surface area contributed by atoms with Gasteiger partial charge in [0.15, 0.2) is 11.5 Å². The first-order valence-corrected chi connectivity index (χ1v) is 6.24. The Hall–Kier alpha value is -2.14. The van der Waals surface area contributed by atoms with Crippen molar-refractivity contribution in [2.45, 2.75) is 12.5 Å². The van der Waals surface area contributed by atoms with Gasteiger partial charge < -0.3 is 15.2 Å². The molecule has 0 amide bonds. The third kappa shape index (κ3) is 2.51. The average molecular weight is 257 g/mol. The summed E-state index contributed by atoms with van der Waals surface area (Å²) in [6.07, 6.45) is 5.83. The van der Waals surface area contributed by atoms with Crippen LogP contribution in [0.2, 0.25) is 0 Å². The van der Waals surface area contributed by atoms with Crippen LogP contribution in [0, 0.1) is 0 Å². The number of rotatable bonds is 2. The predicted octanol–water partition coefficient (Wildman–Crippen LogP) is 1.69. The van der Waals surface area contributed by atoms with Crippen LogP contribution in [-0.2, 0) is 0 Å². The van der Waals surface area contributed by atoms with E-state index < -0.39 is 0 Å². The van der Waals surface area contributed by atoms with Gasteiger partial charge in [-0.1, -0.05) is 6.07 Å². The molecule has 98 valence electrons. The van der Waals surface area contributed by atoms with E-state index >= 15 is 0 Å². The largest absolute Gasteiger partial charge is 0.490 e. The maximum absolute atomic E-state index is 6.21. The lowest BCUT2D eigenvalue weighted by Gasteiger charge is -2.14. The van der Waals surface area contributed by atoms with E-state index in [1.807, 2.05) is 18.2 Å². The second-order valence-corrected chi connectivity index (χ2v) is 4.41. The Balaban J connectivity index is 1.91. The van der Waals surface area contributed by atoms with Gasteiger partial charge in [-0.15, -0.1) is 0 Å². The summed E-state index contributed by atoms with van der Waals surface area (Å²) in [6, 6.07) is 5.52. The zero-order valence-corrected chi connectivity index (χ0v) is 10.5. The molecule has 19 heavy (non-hydrogen) atoms. The molecule has 2 N–H and O–H groups in total. The number of nitrogens with zero attached hydrogens (tertiary/aromatic N) is 2. The van der Waals surface area contributed by atoms with Crippen LogP contribution < -0.4 is 15.2 Å². The van der Waals surface area contributed by atoms with E-state index in [9.17, 15) is 0 Å². The van der Waals surface area contributed by atoms with Crippen LogP contribution >= 0.6 is 0 Å². The van der Waals surface area contributed by atoms with Crippen molar-refractivity contribution in [1.82, 2.24) is 9.97 Å². The minimum Gasteiger partial charge on any atom is -0.490 e. The summed E-state index contributed by atoms with van der Waals surface area (Å²) in [7, 11) is 0. The lowest BCUT2D eigenvalue weighted by atomic mass is 10.0. The molecule has 1 unspecified atom stereocenters. The molecule has 1 atom stereocenters. The fraction of sp³-hybridized carbons (Fsp3) is 0.286. The second-order valence-electron chi connectivity index (χ2n) is 4.41. The van der Waals surface area contributed by atoms with Gasteiger partial charge in [-0.3, -0.25) is 0 Å². The molecule has 0 radical (unpaired) electrons.